The Balaban J connectivity index is 0.000000167. The number of urea groups is 1. The summed E-state index contributed by atoms with van der Waals surface area (Å²) in [6, 6.07) is 31.4. The van der Waals surface area contributed by atoms with Gasteiger partial charge in [-0.05, 0) is 81.1 Å². The van der Waals surface area contributed by atoms with Crippen LogP contribution in [0.5, 0.6) is 0 Å². The molecule has 1 aromatic heterocycles. The number of hydrogen-bond acceptors (Lipinski definition) is 12. The van der Waals surface area contributed by atoms with Crippen molar-refractivity contribution in [3.05, 3.63) is 132 Å². The zero-order valence-electron chi connectivity index (χ0n) is 35.1. The molecule has 0 radical (unpaired) electrons. The quantitative estimate of drug-likeness (QED) is 0.0624. The van der Waals surface area contributed by atoms with Crippen molar-refractivity contribution in [2.45, 2.75) is 56.9 Å². The molecule has 4 heterocycles. The summed E-state index contributed by atoms with van der Waals surface area (Å²) < 4.78 is 17.7. The van der Waals surface area contributed by atoms with E-state index in [1.54, 1.807) is 62.5 Å². The number of imide groups is 2. The van der Waals surface area contributed by atoms with E-state index in [0.29, 0.717) is 43.1 Å². The van der Waals surface area contributed by atoms with E-state index >= 15 is 0 Å². The molecule has 0 bridgehead atoms. The van der Waals surface area contributed by atoms with Gasteiger partial charge < -0.3 is 19.9 Å². The lowest BCUT2D eigenvalue weighted by Gasteiger charge is -2.43. The average Bonchev–Trinajstić information content (AvgIpc) is 3.61. The molecule has 4 aromatic carbocycles. The first-order valence-electron chi connectivity index (χ1n) is 20.7. The van der Waals surface area contributed by atoms with Gasteiger partial charge in [0.15, 0.2) is 17.0 Å². The highest BCUT2D eigenvalue weighted by Gasteiger charge is 2.51. The lowest BCUT2D eigenvalue weighted by Crippen LogP contribution is -2.64. The number of hydrogen-bond donors (Lipinski definition) is 5. The zero-order chi connectivity index (χ0) is 44.8. The maximum absolute atomic E-state index is 13.0. The molecule has 3 aliphatic rings. The predicted molar refractivity (Wildman–Crippen MR) is 234 cm³/mol. The van der Waals surface area contributed by atoms with Crippen LogP contribution < -0.4 is 31.7 Å². The summed E-state index contributed by atoms with van der Waals surface area (Å²) in [7, 11) is 0. The molecule has 17 heteroatoms. The number of Topliss-reactive ketones (excluding diaryl/α,β-unsaturated/α-hetero) is 1. The predicted octanol–water partition coefficient (Wildman–Crippen LogP) is 5.62. The Kier molecular flexibility index (Phi) is 15.1. The highest BCUT2D eigenvalue weighted by Crippen LogP contribution is 2.36. The van der Waals surface area contributed by atoms with E-state index in [9.17, 15) is 33.2 Å². The Morgan fingerprint density at radius 1 is 0.810 bits per heavy atom. The fourth-order valence-corrected chi connectivity index (χ4v) is 7.88. The van der Waals surface area contributed by atoms with Crippen LogP contribution in [0.3, 0.4) is 0 Å². The molecule has 8 rings (SSSR count). The van der Waals surface area contributed by atoms with Gasteiger partial charge in [-0.2, -0.15) is 5.10 Å². The minimum Gasteiger partial charge on any atom is -0.449 e. The number of rotatable bonds is 11. The van der Waals surface area contributed by atoms with E-state index in [1.165, 1.54) is 12.1 Å². The Hall–Kier alpha value is -7.27. The highest BCUT2D eigenvalue weighted by atomic mass is 19.1. The van der Waals surface area contributed by atoms with E-state index < -0.39 is 34.9 Å². The smallest absolute Gasteiger partial charge is 0.425 e. The second-order valence-corrected chi connectivity index (χ2v) is 14.9. The van der Waals surface area contributed by atoms with E-state index in [4.69, 9.17) is 4.74 Å². The number of barbiturate groups is 1. The molecular formula is C46H50FN9O7. The van der Waals surface area contributed by atoms with E-state index in [1.807, 2.05) is 42.5 Å². The van der Waals surface area contributed by atoms with Crippen molar-refractivity contribution in [1.82, 2.24) is 36.5 Å². The molecule has 3 fully saturated rings. The van der Waals surface area contributed by atoms with Crippen molar-refractivity contribution in [1.29, 1.82) is 0 Å². The Bertz CT molecular complexity index is 2370. The van der Waals surface area contributed by atoms with E-state index in [2.05, 4.69) is 58.9 Å². The van der Waals surface area contributed by atoms with Crippen LogP contribution in [0, 0.1) is 5.82 Å². The van der Waals surface area contributed by atoms with Crippen LogP contribution in [0.25, 0.3) is 10.8 Å². The molecule has 63 heavy (non-hydrogen) atoms. The summed E-state index contributed by atoms with van der Waals surface area (Å²) in [5.74, 6) is -0.822. The first-order chi connectivity index (χ1) is 30.5. The average molecular weight is 860 g/mol. The van der Waals surface area contributed by atoms with Crippen molar-refractivity contribution in [2.24, 2.45) is 0 Å². The maximum Gasteiger partial charge on any atom is 0.425 e. The van der Waals surface area contributed by atoms with E-state index in [-0.39, 0.29) is 17.5 Å². The summed E-state index contributed by atoms with van der Waals surface area (Å²) in [5.41, 5.74) is 5.49. The summed E-state index contributed by atoms with van der Waals surface area (Å²) in [6.45, 7) is 6.84. The second-order valence-electron chi connectivity index (χ2n) is 14.9. The molecule has 0 aliphatic carbocycles. The SMILES string of the molecule is CCC1(c2ccccc2)C(=O)NC(=O)NC1=O.CCOC(=O)NNc1nncc2ccccc12.O=C(CCCN1CCC2(CC1)C(=O)NCN2c1ccccc1)c1ccc(F)cc1. The number of carbonyl (C=O) groups excluding carboxylic acids is 6. The molecule has 3 saturated heterocycles. The van der Waals surface area contributed by atoms with Crippen LogP contribution in [0.2, 0.25) is 0 Å². The molecule has 6 amide bonds. The van der Waals surface area contributed by atoms with Crippen molar-refractivity contribution in [3.63, 3.8) is 0 Å². The Labute approximate surface area is 363 Å². The van der Waals surface area contributed by atoms with Crippen LogP contribution in [0.4, 0.5) is 25.5 Å². The van der Waals surface area contributed by atoms with E-state index in [0.717, 1.165) is 55.4 Å². The second kappa shape index (κ2) is 21.0. The molecule has 0 saturated carbocycles. The normalized spacial score (nSPS) is 16.3. The van der Waals surface area contributed by atoms with Gasteiger partial charge in [0, 0.05) is 41.5 Å². The summed E-state index contributed by atoms with van der Waals surface area (Å²) in [4.78, 5) is 75.6. The summed E-state index contributed by atoms with van der Waals surface area (Å²) in [6.07, 6.45) is 4.16. The number of aromatic nitrogens is 2. The molecule has 5 N–H and O–H groups in total. The van der Waals surface area contributed by atoms with Crippen LogP contribution in [0.15, 0.2) is 115 Å². The van der Waals surface area contributed by atoms with Crippen LogP contribution >= 0.6 is 0 Å². The maximum atomic E-state index is 13.0. The Morgan fingerprint density at radius 3 is 2.10 bits per heavy atom. The highest BCUT2D eigenvalue weighted by molar-refractivity contribution is 6.22. The lowest BCUT2D eigenvalue weighted by atomic mass is 9.75. The number of ketones is 1. The number of nitrogens with one attached hydrogen (secondary N) is 5. The topological polar surface area (TPSA) is 204 Å². The third-order valence-electron chi connectivity index (χ3n) is 11.3. The molecule has 328 valence electrons. The fourth-order valence-electron chi connectivity index (χ4n) is 7.88. The number of anilines is 2. The summed E-state index contributed by atoms with van der Waals surface area (Å²) >= 11 is 0. The molecule has 3 aliphatic heterocycles. The van der Waals surface area contributed by atoms with Gasteiger partial charge in [0.05, 0.1) is 19.5 Å². The first-order valence-corrected chi connectivity index (χ1v) is 20.7. The van der Waals surface area contributed by atoms with Gasteiger partial charge in [-0.1, -0.05) is 79.7 Å². The Morgan fingerprint density at radius 2 is 1.44 bits per heavy atom. The van der Waals surface area contributed by atoms with Gasteiger partial charge >= 0.3 is 12.1 Å². The summed E-state index contributed by atoms with van der Waals surface area (Å²) in [5, 5.41) is 16.9. The number of amides is 6. The van der Waals surface area contributed by atoms with Gasteiger partial charge in [0.2, 0.25) is 17.7 Å². The molecular weight excluding hydrogens is 810 g/mol. The third kappa shape index (κ3) is 10.6. The van der Waals surface area contributed by atoms with Crippen LogP contribution in [0.1, 0.15) is 61.9 Å². The van der Waals surface area contributed by atoms with Crippen LogP contribution in [-0.2, 0) is 24.5 Å². The van der Waals surface area contributed by atoms with Gasteiger partial charge in [-0.25, -0.2) is 19.4 Å². The van der Waals surface area contributed by atoms with Crippen molar-refractivity contribution in [3.8, 4) is 0 Å². The number of piperidine rings is 1. The number of fused-ring (bicyclic) bond motifs is 1. The molecule has 0 unspecified atom stereocenters. The first kappa shape index (κ1) is 45.3. The van der Waals surface area contributed by atoms with Crippen molar-refractivity contribution in [2.75, 3.05) is 43.2 Å². The monoisotopic (exact) mass is 859 g/mol. The fraction of sp³-hybridized carbons (Fsp3) is 0.304. The molecule has 5 aromatic rings. The van der Waals surface area contributed by atoms with Gasteiger partial charge in [0.25, 0.3) is 0 Å². The van der Waals surface area contributed by atoms with Gasteiger partial charge in [-0.3, -0.25) is 35.2 Å². The number of carbonyl (C=O) groups is 6. The zero-order valence-corrected chi connectivity index (χ0v) is 35.1. The lowest BCUT2D eigenvalue weighted by molar-refractivity contribution is -0.138. The number of para-hydroxylation sites is 1. The molecule has 0 atom stereocenters. The molecule has 1 spiro atoms. The third-order valence-corrected chi connectivity index (χ3v) is 11.3. The largest absolute Gasteiger partial charge is 0.449 e. The number of likely N-dealkylation sites (tertiary alicyclic amines) is 1. The number of nitrogens with zero attached hydrogens (tertiary/aromatic N) is 4. The van der Waals surface area contributed by atoms with Crippen molar-refractivity contribution < 1.29 is 37.9 Å². The number of ether oxygens (including phenoxy) is 1. The number of hydrazine groups is 1. The minimum absolute atomic E-state index is 0.0453. The molecule has 16 nitrogen and oxygen atoms in total. The van der Waals surface area contributed by atoms with Gasteiger partial charge in [0.1, 0.15) is 11.4 Å². The number of halogens is 1. The van der Waals surface area contributed by atoms with Gasteiger partial charge in [-0.15, -0.1) is 5.10 Å². The standard InChI is InChI=1S/C23H26FN3O2.C12H12N2O3.C11H12N4O2/c24-19-10-8-18(9-11-19)21(28)7-4-14-26-15-12-23(13-16-26)22(29)25-17-27(23)20-5-2-1-3-6-20;1-2-12(8-6-4-3-5-7-8)9(15)13-11(17)14-10(12)16;1-2-17-11(16)15-14-10-9-6-4-3-5-8(9)7-12-13-10/h1-3,5-6,8-11H,4,7,12-17H2,(H,25,29);3-7H,2H2,1H3,(H2,13,14,15,16,17);3-7H,2H2,1H3,(H,13,14)(H,15,16). The van der Waals surface area contributed by atoms with Crippen LogP contribution in [-0.4, -0.2) is 89.2 Å². The number of benzene rings is 4. The van der Waals surface area contributed by atoms with Crippen molar-refractivity contribution >= 4 is 57.9 Å². The minimum atomic E-state index is -1.31.